The van der Waals surface area contributed by atoms with E-state index >= 15 is 0 Å². The number of rotatable bonds is 7. The predicted molar refractivity (Wildman–Crippen MR) is 102 cm³/mol. The molecule has 27 heavy (non-hydrogen) atoms. The molecule has 1 aromatic carbocycles. The molecule has 150 valence electrons. The van der Waals surface area contributed by atoms with Gasteiger partial charge in [0.1, 0.15) is 5.82 Å². The summed E-state index contributed by atoms with van der Waals surface area (Å²) in [4.78, 5) is 14.8. The average Bonchev–Trinajstić information content (AvgIpc) is 3.33. The lowest BCUT2D eigenvalue weighted by Gasteiger charge is -2.29. The number of hydrogen-bond donors (Lipinski definition) is 0. The van der Waals surface area contributed by atoms with Crippen molar-refractivity contribution in [1.29, 1.82) is 0 Å². The number of amides is 1. The van der Waals surface area contributed by atoms with Gasteiger partial charge in [-0.15, -0.1) is 0 Å². The molecule has 1 saturated carbocycles. The third kappa shape index (κ3) is 4.69. The van der Waals surface area contributed by atoms with Crippen molar-refractivity contribution in [2.45, 2.75) is 62.3 Å². The lowest BCUT2D eigenvalue weighted by atomic mass is 9.96. The third-order valence-electron chi connectivity index (χ3n) is 5.95. The average molecular weight is 397 g/mol. The highest BCUT2D eigenvalue weighted by Crippen LogP contribution is 2.35. The molecule has 1 unspecified atom stereocenters. The van der Waals surface area contributed by atoms with Crippen molar-refractivity contribution >= 4 is 15.9 Å². The number of hydrogen-bond acceptors (Lipinski definition) is 3. The van der Waals surface area contributed by atoms with Crippen molar-refractivity contribution in [3.63, 3.8) is 0 Å². The molecule has 0 radical (unpaired) electrons. The zero-order valence-electron chi connectivity index (χ0n) is 15.9. The Morgan fingerprint density at radius 3 is 2.48 bits per heavy atom. The number of likely N-dealkylation sites (tertiary alicyclic amines) is 1. The smallest absolute Gasteiger partial charge is 0.242 e. The van der Waals surface area contributed by atoms with Crippen molar-refractivity contribution in [3.05, 3.63) is 30.1 Å². The van der Waals surface area contributed by atoms with Crippen molar-refractivity contribution < 1.29 is 17.6 Å². The highest BCUT2D eigenvalue weighted by molar-refractivity contribution is 7.89. The lowest BCUT2D eigenvalue weighted by Crippen LogP contribution is -2.39. The largest absolute Gasteiger partial charge is 0.339 e. The molecule has 1 aromatic rings. The van der Waals surface area contributed by atoms with E-state index in [4.69, 9.17) is 0 Å². The molecule has 3 rings (SSSR count). The number of nitrogens with zero attached hydrogens (tertiary/aromatic N) is 2. The molecule has 1 aliphatic carbocycles. The lowest BCUT2D eigenvalue weighted by molar-refractivity contribution is -0.133. The topological polar surface area (TPSA) is 57.7 Å². The van der Waals surface area contributed by atoms with E-state index < -0.39 is 15.8 Å². The minimum absolute atomic E-state index is 0.0681. The van der Waals surface area contributed by atoms with Crippen LogP contribution in [-0.4, -0.2) is 49.7 Å². The molecule has 5 nitrogen and oxygen atoms in total. The molecule has 0 aromatic heterocycles. The predicted octanol–water partition coefficient (Wildman–Crippen LogP) is 3.41. The van der Waals surface area contributed by atoms with E-state index in [1.165, 1.54) is 49.2 Å². The fourth-order valence-electron chi connectivity index (χ4n) is 4.44. The van der Waals surface area contributed by atoms with Crippen LogP contribution in [0, 0.1) is 11.7 Å². The Labute approximate surface area is 161 Å². The summed E-state index contributed by atoms with van der Waals surface area (Å²) in [6.45, 7) is 1.11. The summed E-state index contributed by atoms with van der Waals surface area (Å²) in [5.74, 6) is 0.333. The van der Waals surface area contributed by atoms with E-state index in [0.717, 1.165) is 31.5 Å². The summed E-state index contributed by atoms with van der Waals surface area (Å²) >= 11 is 0. The Morgan fingerprint density at radius 2 is 1.81 bits per heavy atom. The van der Waals surface area contributed by atoms with Gasteiger partial charge in [0.25, 0.3) is 0 Å². The Kier molecular flexibility index (Phi) is 6.52. The highest BCUT2D eigenvalue weighted by atomic mass is 32.2. The quantitative estimate of drug-likeness (QED) is 0.710. The van der Waals surface area contributed by atoms with Gasteiger partial charge >= 0.3 is 0 Å². The third-order valence-corrected chi connectivity index (χ3v) is 7.82. The monoisotopic (exact) mass is 396 g/mol. The number of benzene rings is 1. The van der Waals surface area contributed by atoms with Gasteiger partial charge in [0.15, 0.2) is 0 Å². The van der Waals surface area contributed by atoms with E-state index in [1.807, 2.05) is 4.90 Å². The van der Waals surface area contributed by atoms with Crippen molar-refractivity contribution in [3.8, 4) is 0 Å². The van der Waals surface area contributed by atoms with Crippen LogP contribution in [0.25, 0.3) is 0 Å². The Hall–Kier alpha value is -1.47. The van der Waals surface area contributed by atoms with Crippen LogP contribution in [0.3, 0.4) is 0 Å². The van der Waals surface area contributed by atoms with Gasteiger partial charge in [-0.2, -0.15) is 0 Å². The Morgan fingerprint density at radius 1 is 1.15 bits per heavy atom. The van der Waals surface area contributed by atoms with Crippen LogP contribution in [0.1, 0.15) is 51.4 Å². The van der Waals surface area contributed by atoms with Gasteiger partial charge in [0, 0.05) is 32.6 Å². The van der Waals surface area contributed by atoms with Gasteiger partial charge in [-0.1, -0.05) is 12.8 Å². The van der Waals surface area contributed by atoms with Gasteiger partial charge in [0.2, 0.25) is 15.9 Å². The Balaban J connectivity index is 1.51. The first-order valence-corrected chi connectivity index (χ1v) is 11.3. The summed E-state index contributed by atoms with van der Waals surface area (Å²) in [5, 5.41) is 0. The molecule has 1 heterocycles. The maximum absolute atomic E-state index is 13.0. The summed E-state index contributed by atoms with van der Waals surface area (Å²) in [6, 6.07) is 5.20. The number of sulfonamides is 1. The van der Waals surface area contributed by atoms with E-state index in [-0.39, 0.29) is 17.3 Å². The second-order valence-electron chi connectivity index (χ2n) is 7.73. The van der Waals surface area contributed by atoms with E-state index in [1.54, 1.807) is 0 Å². The van der Waals surface area contributed by atoms with E-state index in [0.29, 0.717) is 24.8 Å². The minimum atomic E-state index is -3.65. The van der Waals surface area contributed by atoms with Crippen LogP contribution in [-0.2, 0) is 14.8 Å². The normalized spacial score (nSPS) is 21.3. The molecule has 1 atom stereocenters. The fraction of sp³-hybridized carbons (Fsp3) is 0.650. The number of carbonyl (C=O) groups is 1. The first-order chi connectivity index (χ1) is 12.9. The second-order valence-corrected chi connectivity index (χ2v) is 9.77. The number of carbonyl (C=O) groups excluding carboxylic acids is 1. The van der Waals surface area contributed by atoms with Gasteiger partial charge < -0.3 is 4.90 Å². The zero-order valence-corrected chi connectivity index (χ0v) is 16.8. The van der Waals surface area contributed by atoms with Gasteiger partial charge in [0.05, 0.1) is 4.90 Å². The molecular weight excluding hydrogens is 367 g/mol. The summed E-state index contributed by atoms with van der Waals surface area (Å²) in [7, 11) is -2.15. The van der Waals surface area contributed by atoms with Crippen molar-refractivity contribution in [1.82, 2.24) is 9.21 Å². The summed E-state index contributed by atoms with van der Waals surface area (Å²) in [6.07, 6.45) is 8.04. The first-order valence-electron chi connectivity index (χ1n) is 9.91. The zero-order chi connectivity index (χ0) is 19.4. The second kappa shape index (κ2) is 8.69. The van der Waals surface area contributed by atoms with Crippen molar-refractivity contribution in [2.24, 2.45) is 5.92 Å². The molecule has 7 heteroatoms. The van der Waals surface area contributed by atoms with Gasteiger partial charge in [-0.05, 0) is 62.3 Å². The van der Waals surface area contributed by atoms with Crippen LogP contribution < -0.4 is 0 Å². The molecule has 1 amide bonds. The van der Waals surface area contributed by atoms with Crippen LogP contribution in [0.2, 0.25) is 0 Å². The maximum Gasteiger partial charge on any atom is 0.242 e. The first kappa shape index (κ1) is 20.3. The maximum atomic E-state index is 13.0. The van der Waals surface area contributed by atoms with Crippen LogP contribution >= 0.6 is 0 Å². The van der Waals surface area contributed by atoms with Gasteiger partial charge in [-0.25, -0.2) is 17.1 Å². The molecule has 0 N–H and O–H groups in total. The molecule has 1 aliphatic heterocycles. The van der Waals surface area contributed by atoms with Crippen LogP contribution in [0.4, 0.5) is 4.39 Å². The Bertz CT molecular complexity index is 745. The van der Waals surface area contributed by atoms with Crippen LogP contribution in [0.5, 0.6) is 0 Å². The minimum Gasteiger partial charge on any atom is -0.339 e. The van der Waals surface area contributed by atoms with E-state index in [2.05, 4.69) is 0 Å². The van der Waals surface area contributed by atoms with Crippen LogP contribution in [0.15, 0.2) is 29.2 Å². The standard InChI is InChI=1S/C20H29FN2O3S/c1-22(27(25,26)18-12-10-17(21)11-13-18)14-5-9-20(24)23-15-4-8-19(23)16-6-2-3-7-16/h10-13,16,19H,2-9,14-15H2,1H3. The molecule has 0 spiro atoms. The summed E-state index contributed by atoms with van der Waals surface area (Å²) < 4.78 is 39.3. The molecular formula is C20H29FN2O3S. The van der Waals surface area contributed by atoms with E-state index in [9.17, 15) is 17.6 Å². The molecule has 0 bridgehead atoms. The number of halogens is 1. The van der Waals surface area contributed by atoms with Crippen molar-refractivity contribution in [2.75, 3.05) is 20.1 Å². The molecule has 2 aliphatic rings. The SMILES string of the molecule is CN(CCCC(=O)N1CCCC1C1CCCC1)S(=O)(=O)c1ccc(F)cc1. The summed E-state index contributed by atoms with van der Waals surface area (Å²) in [5.41, 5.74) is 0. The highest BCUT2D eigenvalue weighted by Gasteiger charge is 2.35. The fourth-order valence-corrected chi connectivity index (χ4v) is 5.65. The molecule has 1 saturated heterocycles. The molecule has 2 fully saturated rings. The van der Waals surface area contributed by atoms with Gasteiger partial charge in [-0.3, -0.25) is 4.79 Å².